The Morgan fingerprint density at radius 2 is 1.41 bits per heavy atom. The second-order valence-corrected chi connectivity index (χ2v) is 6.80. The molecular weight excluding hydrogens is 372 g/mol. The third-order valence-electron chi connectivity index (χ3n) is 4.84. The van der Waals surface area contributed by atoms with Crippen LogP contribution in [0, 0.1) is 13.8 Å². The number of nitrogens with zero attached hydrogens (tertiary/aromatic N) is 8. The van der Waals surface area contributed by atoms with Crippen molar-refractivity contribution in [3.8, 4) is 17.6 Å². The van der Waals surface area contributed by atoms with Gasteiger partial charge in [0.2, 0.25) is 17.7 Å². The zero-order chi connectivity index (χ0) is 20.4. The second-order valence-electron chi connectivity index (χ2n) is 6.80. The van der Waals surface area contributed by atoms with Gasteiger partial charge in [0, 0.05) is 37.9 Å². The summed E-state index contributed by atoms with van der Waals surface area (Å²) in [5, 5.41) is 4.51. The van der Waals surface area contributed by atoms with Crippen molar-refractivity contribution in [1.82, 2.24) is 29.7 Å². The van der Waals surface area contributed by atoms with Crippen LogP contribution in [0.15, 0.2) is 24.5 Å². The van der Waals surface area contributed by atoms with Crippen LogP contribution < -0.4 is 19.3 Å². The van der Waals surface area contributed by atoms with Gasteiger partial charge in [0.1, 0.15) is 12.1 Å². The lowest BCUT2D eigenvalue weighted by atomic mass is 10.3. The molecule has 1 saturated heterocycles. The van der Waals surface area contributed by atoms with E-state index in [-0.39, 0.29) is 0 Å². The molecule has 0 spiro atoms. The number of ether oxygens (including phenoxy) is 2. The minimum absolute atomic E-state index is 0.486. The molecule has 0 unspecified atom stereocenters. The topological polar surface area (TPSA) is 94.3 Å². The molecule has 3 aromatic heterocycles. The molecule has 152 valence electrons. The summed E-state index contributed by atoms with van der Waals surface area (Å²) in [6.45, 7) is 7.08. The van der Waals surface area contributed by atoms with E-state index >= 15 is 0 Å². The van der Waals surface area contributed by atoms with E-state index in [0.29, 0.717) is 17.7 Å². The van der Waals surface area contributed by atoms with Gasteiger partial charge >= 0.3 is 0 Å². The molecule has 0 bridgehead atoms. The SMILES string of the molecule is COc1cc(OC)nc(N2CCN(c3cc(-n4nc(C)cc4C)ncn3)CC2)n1. The summed E-state index contributed by atoms with van der Waals surface area (Å²) in [6.07, 6.45) is 1.59. The first-order valence-corrected chi connectivity index (χ1v) is 9.40. The predicted octanol–water partition coefficient (Wildman–Crippen LogP) is 1.41. The Hall–Kier alpha value is -3.43. The van der Waals surface area contributed by atoms with Crippen LogP contribution in [0.1, 0.15) is 11.4 Å². The minimum Gasteiger partial charge on any atom is -0.481 e. The Kier molecular flexibility index (Phi) is 5.15. The lowest BCUT2D eigenvalue weighted by molar-refractivity contribution is 0.371. The van der Waals surface area contributed by atoms with Gasteiger partial charge in [-0.3, -0.25) is 0 Å². The van der Waals surface area contributed by atoms with Gasteiger partial charge in [-0.25, -0.2) is 14.6 Å². The maximum atomic E-state index is 5.25. The van der Waals surface area contributed by atoms with E-state index in [9.17, 15) is 0 Å². The number of methoxy groups -OCH3 is 2. The fourth-order valence-corrected chi connectivity index (χ4v) is 3.37. The molecule has 10 heteroatoms. The van der Waals surface area contributed by atoms with Crippen LogP contribution in [-0.2, 0) is 0 Å². The average Bonchev–Trinajstić information content (AvgIpc) is 3.11. The fraction of sp³-hybridized carbons (Fsp3) is 0.421. The van der Waals surface area contributed by atoms with Crippen molar-refractivity contribution in [3.63, 3.8) is 0 Å². The largest absolute Gasteiger partial charge is 0.481 e. The summed E-state index contributed by atoms with van der Waals surface area (Å²) >= 11 is 0. The van der Waals surface area contributed by atoms with Gasteiger partial charge in [0.15, 0.2) is 5.82 Å². The van der Waals surface area contributed by atoms with Crippen molar-refractivity contribution in [3.05, 3.63) is 35.9 Å². The summed E-state index contributed by atoms with van der Waals surface area (Å²) in [5.41, 5.74) is 2.01. The Morgan fingerprint density at radius 3 is 2.00 bits per heavy atom. The van der Waals surface area contributed by atoms with E-state index in [2.05, 4.69) is 34.8 Å². The molecule has 0 aromatic carbocycles. The lowest BCUT2D eigenvalue weighted by Crippen LogP contribution is -2.47. The Bertz CT molecular complexity index is 975. The lowest BCUT2D eigenvalue weighted by Gasteiger charge is -2.35. The van der Waals surface area contributed by atoms with Crippen molar-refractivity contribution < 1.29 is 9.47 Å². The van der Waals surface area contributed by atoms with E-state index in [4.69, 9.17) is 9.47 Å². The van der Waals surface area contributed by atoms with Gasteiger partial charge in [0.25, 0.3) is 0 Å². The second kappa shape index (κ2) is 7.90. The van der Waals surface area contributed by atoms with Gasteiger partial charge in [-0.15, -0.1) is 0 Å². The number of hydrogen-bond acceptors (Lipinski definition) is 9. The van der Waals surface area contributed by atoms with Gasteiger partial charge in [-0.1, -0.05) is 0 Å². The van der Waals surface area contributed by atoms with E-state index in [0.717, 1.165) is 49.2 Å². The molecule has 0 saturated carbocycles. The van der Waals surface area contributed by atoms with Crippen LogP contribution in [0.5, 0.6) is 11.8 Å². The highest BCUT2D eigenvalue weighted by atomic mass is 16.5. The first kappa shape index (κ1) is 18.9. The van der Waals surface area contributed by atoms with E-state index in [1.165, 1.54) is 0 Å². The molecule has 4 heterocycles. The minimum atomic E-state index is 0.486. The number of piperazine rings is 1. The predicted molar refractivity (Wildman–Crippen MR) is 108 cm³/mol. The average molecular weight is 396 g/mol. The molecule has 1 aliphatic heterocycles. The third-order valence-corrected chi connectivity index (χ3v) is 4.84. The summed E-state index contributed by atoms with van der Waals surface area (Å²) in [6, 6.07) is 5.67. The molecule has 29 heavy (non-hydrogen) atoms. The van der Waals surface area contributed by atoms with Crippen LogP contribution in [-0.4, -0.2) is 70.1 Å². The van der Waals surface area contributed by atoms with Crippen LogP contribution in [0.4, 0.5) is 11.8 Å². The molecular formula is C19H24N8O2. The Morgan fingerprint density at radius 1 is 0.793 bits per heavy atom. The molecule has 0 radical (unpaired) electrons. The molecule has 1 fully saturated rings. The molecule has 10 nitrogen and oxygen atoms in total. The zero-order valence-electron chi connectivity index (χ0n) is 17.0. The van der Waals surface area contributed by atoms with Gasteiger partial charge < -0.3 is 19.3 Å². The standard InChI is InChI=1S/C19H24N8O2/c1-13-9-14(2)27(24-13)16-10-15(20-12-21-16)25-5-7-26(8-6-25)19-22-17(28-3)11-18(23-19)29-4/h9-12H,5-8H2,1-4H3. The van der Waals surface area contributed by atoms with Crippen molar-refractivity contribution in [1.29, 1.82) is 0 Å². The Labute approximate surface area is 169 Å². The van der Waals surface area contributed by atoms with E-state index in [1.807, 2.05) is 30.7 Å². The zero-order valence-corrected chi connectivity index (χ0v) is 17.0. The first-order valence-electron chi connectivity index (χ1n) is 9.40. The van der Waals surface area contributed by atoms with Crippen LogP contribution in [0.3, 0.4) is 0 Å². The van der Waals surface area contributed by atoms with Crippen LogP contribution in [0.25, 0.3) is 5.82 Å². The maximum absolute atomic E-state index is 5.25. The fourth-order valence-electron chi connectivity index (χ4n) is 3.37. The van der Waals surface area contributed by atoms with Crippen LogP contribution >= 0.6 is 0 Å². The van der Waals surface area contributed by atoms with E-state index in [1.54, 1.807) is 26.6 Å². The number of hydrogen-bond donors (Lipinski definition) is 0. The molecule has 3 aromatic rings. The summed E-state index contributed by atoms with van der Waals surface area (Å²) in [7, 11) is 3.16. The van der Waals surface area contributed by atoms with Crippen molar-refractivity contribution in [2.75, 3.05) is 50.2 Å². The molecule has 0 atom stereocenters. The van der Waals surface area contributed by atoms with Crippen molar-refractivity contribution in [2.24, 2.45) is 0 Å². The van der Waals surface area contributed by atoms with Gasteiger partial charge in [-0.05, 0) is 19.9 Å². The van der Waals surface area contributed by atoms with Crippen molar-refractivity contribution >= 4 is 11.8 Å². The van der Waals surface area contributed by atoms with Gasteiger partial charge in [0.05, 0.1) is 26.0 Å². The van der Waals surface area contributed by atoms with Crippen molar-refractivity contribution in [2.45, 2.75) is 13.8 Å². The molecule has 0 amide bonds. The smallest absolute Gasteiger partial charge is 0.232 e. The highest BCUT2D eigenvalue weighted by Gasteiger charge is 2.22. The monoisotopic (exact) mass is 396 g/mol. The number of aryl methyl sites for hydroxylation is 2. The first-order chi connectivity index (χ1) is 14.1. The third kappa shape index (κ3) is 3.91. The summed E-state index contributed by atoms with van der Waals surface area (Å²) in [4.78, 5) is 22.1. The highest BCUT2D eigenvalue weighted by molar-refractivity contribution is 5.46. The van der Waals surface area contributed by atoms with Gasteiger partial charge in [-0.2, -0.15) is 15.1 Å². The molecule has 4 rings (SSSR count). The highest BCUT2D eigenvalue weighted by Crippen LogP contribution is 2.23. The summed E-state index contributed by atoms with van der Waals surface area (Å²) in [5.74, 6) is 3.22. The Balaban J connectivity index is 1.49. The maximum Gasteiger partial charge on any atom is 0.232 e. The normalized spacial score (nSPS) is 14.2. The quantitative estimate of drug-likeness (QED) is 0.634. The number of anilines is 2. The summed E-state index contributed by atoms with van der Waals surface area (Å²) < 4.78 is 12.3. The molecule has 0 N–H and O–H groups in total. The van der Waals surface area contributed by atoms with E-state index < -0.39 is 0 Å². The number of rotatable bonds is 5. The molecule has 1 aliphatic rings. The molecule has 0 aliphatic carbocycles. The number of aromatic nitrogens is 6. The van der Waals surface area contributed by atoms with Crippen LogP contribution in [0.2, 0.25) is 0 Å².